The molecule has 6 heteroatoms. The molecule has 2 rings (SSSR count). The van der Waals surface area contributed by atoms with Gasteiger partial charge < -0.3 is 10.4 Å². The van der Waals surface area contributed by atoms with Gasteiger partial charge in [0.25, 0.3) is 0 Å². The molecule has 1 atom stereocenters. The number of carbonyl (C=O) groups is 1. The second kappa shape index (κ2) is 12.5. The Kier molecular flexibility index (Phi) is 10.1. The van der Waals surface area contributed by atoms with Crippen molar-refractivity contribution in [2.24, 2.45) is 0 Å². The fourth-order valence-electron chi connectivity index (χ4n) is 4.03. The Balaban J connectivity index is 1.76. The molecule has 176 valence electrons. The number of hydrogen-bond acceptors (Lipinski definition) is 2. The van der Waals surface area contributed by atoms with Crippen LogP contribution in [0.1, 0.15) is 81.8 Å². The minimum absolute atomic E-state index is 0.160. The van der Waals surface area contributed by atoms with Gasteiger partial charge in [-0.3, -0.25) is 4.79 Å². The van der Waals surface area contributed by atoms with Crippen molar-refractivity contribution in [3.63, 3.8) is 0 Å². The predicted molar refractivity (Wildman–Crippen MR) is 122 cm³/mol. The third kappa shape index (κ3) is 8.93. The highest BCUT2D eigenvalue weighted by Gasteiger charge is 2.31. The molecule has 1 aromatic carbocycles. The Hall–Kier alpha value is -2.50. The van der Waals surface area contributed by atoms with Crippen molar-refractivity contribution >= 4 is 5.97 Å². The van der Waals surface area contributed by atoms with Gasteiger partial charge in [0, 0.05) is 12.2 Å². The summed E-state index contributed by atoms with van der Waals surface area (Å²) in [6, 6.07) is 5.05. The van der Waals surface area contributed by atoms with Crippen LogP contribution in [0.25, 0.3) is 0 Å². The van der Waals surface area contributed by atoms with E-state index in [1.807, 2.05) is 0 Å². The van der Waals surface area contributed by atoms with Gasteiger partial charge in [-0.2, -0.15) is 13.2 Å². The van der Waals surface area contributed by atoms with Crippen molar-refractivity contribution in [2.45, 2.75) is 76.8 Å². The first-order valence-corrected chi connectivity index (χ1v) is 11.3. The zero-order valence-corrected chi connectivity index (χ0v) is 18.8. The molecule has 3 nitrogen and oxygen atoms in total. The molecule has 0 bridgehead atoms. The van der Waals surface area contributed by atoms with Gasteiger partial charge in [0.1, 0.15) is 0 Å². The molecule has 32 heavy (non-hydrogen) atoms. The number of unbranched alkanes of at least 4 members (excludes halogenated alkanes) is 3. The molecule has 0 saturated heterocycles. The van der Waals surface area contributed by atoms with Crippen LogP contribution in [0, 0.1) is 0 Å². The van der Waals surface area contributed by atoms with Gasteiger partial charge in [0.15, 0.2) is 0 Å². The van der Waals surface area contributed by atoms with Gasteiger partial charge in [-0.05, 0) is 62.1 Å². The van der Waals surface area contributed by atoms with Crippen LogP contribution in [0.5, 0.6) is 0 Å². The molecule has 1 heterocycles. The third-order valence-electron chi connectivity index (χ3n) is 5.92. The summed E-state index contributed by atoms with van der Waals surface area (Å²) in [4.78, 5) is 11.2. The molecule has 2 N–H and O–H groups in total. The van der Waals surface area contributed by atoms with Crippen molar-refractivity contribution in [3.8, 4) is 0 Å². The number of nitrogens with one attached hydrogen (secondary N) is 1. The molecule has 1 aliphatic heterocycles. The van der Waals surface area contributed by atoms with Crippen LogP contribution in [-0.4, -0.2) is 17.6 Å². The van der Waals surface area contributed by atoms with E-state index in [2.05, 4.69) is 31.0 Å². The van der Waals surface area contributed by atoms with Crippen molar-refractivity contribution in [2.75, 3.05) is 6.54 Å². The van der Waals surface area contributed by atoms with Gasteiger partial charge in [-0.25, -0.2) is 0 Å². The first kappa shape index (κ1) is 25.8. The first-order valence-electron chi connectivity index (χ1n) is 11.3. The molecule has 0 unspecified atom stereocenters. The molecule has 0 fully saturated rings. The van der Waals surface area contributed by atoms with Gasteiger partial charge in [0.05, 0.1) is 12.0 Å². The maximum atomic E-state index is 13.0. The maximum absolute atomic E-state index is 13.0. The van der Waals surface area contributed by atoms with E-state index in [-0.39, 0.29) is 6.42 Å². The number of alkyl halides is 3. The fraction of sp³-hybridized carbons (Fsp3) is 0.500. The Bertz CT molecular complexity index is 840. The van der Waals surface area contributed by atoms with Crippen LogP contribution in [0.3, 0.4) is 0 Å². The highest BCUT2D eigenvalue weighted by Crippen LogP contribution is 2.33. The molecular weight excluding hydrogens is 415 g/mol. The summed E-state index contributed by atoms with van der Waals surface area (Å²) < 4.78 is 39.0. The molecular formula is C26H34F3NO2. The number of halogens is 3. The zero-order chi connectivity index (χ0) is 23.6. The monoisotopic (exact) mass is 449 g/mol. The Morgan fingerprint density at radius 3 is 2.69 bits per heavy atom. The second-order valence-corrected chi connectivity index (χ2v) is 8.54. The van der Waals surface area contributed by atoms with Crippen molar-refractivity contribution in [1.29, 1.82) is 0 Å². The maximum Gasteiger partial charge on any atom is 0.416 e. The minimum Gasteiger partial charge on any atom is -0.481 e. The number of benzene rings is 1. The summed E-state index contributed by atoms with van der Waals surface area (Å²) in [5.74, 6) is -1.40. The molecule has 0 saturated carbocycles. The van der Waals surface area contributed by atoms with Gasteiger partial charge in [-0.15, -0.1) is 0 Å². The van der Waals surface area contributed by atoms with E-state index >= 15 is 0 Å². The minimum atomic E-state index is -4.43. The van der Waals surface area contributed by atoms with Crippen LogP contribution < -0.4 is 5.32 Å². The van der Waals surface area contributed by atoms with Gasteiger partial charge in [-0.1, -0.05) is 61.8 Å². The Morgan fingerprint density at radius 1 is 1.25 bits per heavy atom. The van der Waals surface area contributed by atoms with Gasteiger partial charge in [0.2, 0.25) is 0 Å². The number of aliphatic carboxylic acids is 1. The average molecular weight is 450 g/mol. The molecule has 0 radical (unpaired) electrons. The first-order chi connectivity index (χ1) is 15.2. The second-order valence-electron chi connectivity index (χ2n) is 8.54. The summed E-state index contributed by atoms with van der Waals surface area (Å²) in [5.41, 5.74) is 3.37. The van der Waals surface area contributed by atoms with Crippen LogP contribution in [0.4, 0.5) is 13.2 Å². The highest BCUT2D eigenvalue weighted by atomic mass is 19.4. The largest absolute Gasteiger partial charge is 0.481 e. The van der Waals surface area contributed by atoms with E-state index in [1.54, 1.807) is 6.07 Å². The smallest absolute Gasteiger partial charge is 0.416 e. The number of rotatable bonds is 12. The molecule has 1 aromatic rings. The van der Waals surface area contributed by atoms with E-state index in [1.165, 1.54) is 17.3 Å². The average Bonchev–Trinajstić information content (AvgIpc) is 2.74. The van der Waals surface area contributed by atoms with Gasteiger partial charge >= 0.3 is 12.1 Å². The summed E-state index contributed by atoms with van der Waals surface area (Å²) >= 11 is 0. The number of allylic oxidation sites excluding steroid dienone is 5. The standard InChI is InChI=1S/C26H34F3NO2/c1-19(14-15-21-12-8-16-30-20(21)2)9-5-3-4-6-10-23(18-25(31)32)22-11-7-13-24(17-22)26(27,28)29/h7,11,13-15,17,23,30H,1,3-6,8-10,12,16,18H2,2H3,(H,31,32)/b15-14-/t23-/m0/s1. The topological polar surface area (TPSA) is 49.3 Å². The lowest BCUT2D eigenvalue weighted by Crippen LogP contribution is -2.19. The van der Waals surface area contributed by atoms with E-state index < -0.39 is 23.6 Å². The lowest BCUT2D eigenvalue weighted by molar-refractivity contribution is -0.138. The SMILES string of the molecule is C=C(/C=C\C1=C(C)NCCC1)CCCCCC[C@@H](CC(=O)O)c1cccc(C(F)(F)F)c1. The molecule has 0 aromatic heterocycles. The Labute approximate surface area is 189 Å². The van der Waals surface area contributed by atoms with Crippen LogP contribution in [-0.2, 0) is 11.0 Å². The quantitative estimate of drug-likeness (QED) is 0.259. The van der Waals surface area contributed by atoms with E-state index in [0.29, 0.717) is 12.0 Å². The van der Waals surface area contributed by atoms with Crippen molar-refractivity contribution in [3.05, 3.63) is 71.0 Å². The lowest BCUT2D eigenvalue weighted by Gasteiger charge is -2.17. The summed E-state index contributed by atoms with van der Waals surface area (Å²) in [6.07, 6.45) is 7.03. The molecule has 0 amide bonds. The van der Waals surface area contributed by atoms with E-state index in [9.17, 15) is 23.1 Å². The highest BCUT2D eigenvalue weighted by molar-refractivity contribution is 5.68. The molecule has 1 aliphatic rings. The van der Waals surface area contributed by atoms with Crippen molar-refractivity contribution in [1.82, 2.24) is 5.32 Å². The zero-order valence-electron chi connectivity index (χ0n) is 18.8. The molecule has 0 aliphatic carbocycles. The Morgan fingerprint density at radius 2 is 2.00 bits per heavy atom. The summed E-state index contributed by atoms with van der Waals surface area (Å²) in [7, 11) is 0. The summed E-state index contributed by atoms with van der Waals surface area (Å²) in [5, 5.41) is 12.6. The van der Waals surface area contributed by atoms with E-state index in [4.69, 9.17) is 0 Å². The number of hydrogen-bond donors (Lipinski definition) is 2. The van der Waals surface area contributed by atoms with Crippen LogP contribution in [0.15, 0.2) is 59.8 Å². The molecule has 0 spiro atoms. The summed E-state index contributed by atoms with van der Waals surface area (Å²) in [6.45, 7) is 7.25. The van der Waals surface area contributed by atoms with Crippen LogP contribution in [0.2, 0.25) is 0 Å². The van der Waals surface area contributed by atoms with Crippen molar-refractivity contribution < 1.29 is 23.1 Å². The predicted octanol–water partition coefficient (Wildman–Crippen LogP) is 7.37. The van der Waals surface area contributed by atoms with E-state index in [0.717, 1.165) is 69.2 Å². The number of carboxylic acids is 1. The third-order valence-corrected chi connectivity index (χ3v) is 5.92. The number of carboxylic acid groups (broad SMARTS) is 1. The lowest BCUT2D eigenvalue weighted by atomic mass is 9.89. The normalized spacial score (nSPS) is 15.6. The fourth-order valence-corrected chi connectivity index (χ4v) is 4.03. The van der Waals surface area contributed by atoms with Crippen LogP contribution >= 0.6 is 0 Å².